The first-order valence-electron chi connectivity index (χ1n) is 5.58. The zero-order valence-corrected chi connectivity index (χ0v) is 9.80. The summed E-state index contributed by atoms with van der Waals surface area (Å²) in [4.78, 5) is 4.29. The predicted octanol–water partition coefficient (Wildman–Crippen LogP) is 3.24. The molecule has 1 aromatic rings. The Kier molecular flexibility index (Phi) is 3.31. The van der Waals surface area contributed by atoms with E-state index >= 15 is 0 Å². The normalized spacial score (nSPS) is 17.0. The minimum absolute atomic E-state index is 0.299. The molecule has 0 aliphatic heterocycles. The van der Waals surface area contributed by atoms with Gasteiger partial charge in [0, 0.05) is 5.92 Å². The first kappa shape index (κ1) is 11.2. The van der Waals surface area contributed by atoms with Crippen LogP contribution in [0.15, 0.2) is 6.07 Å². The Hall–Kier alpha value is -1.27. The molecule has 0 bridgehead atoms. The van der Waals surface area contributed by atoms with Crippen LogP contribution in [0.2, 0.25) is 5.02 Å². The Bertz CT molecular complexity index is 431. The number of nitriles is 1. The predicted molar refractivity (Wildman–Crippen MR) is 64.2 cm³/mol. The maximum Gasteiger partial charge on any atom is 0.141 e. The van der Waals surface area contributed by atoms with Crippen LogP contribution in [0.1, 0.15) is 49.3 Å². The van der Waals surface area contributed by atoms with Crippen LogP contribution in [0.5, 0.6) is 0 Å². The van der Waals surface area contributed by atoms with Crippen LogP contribution in [0.25, 0.3) is 0 Å². The summed E-state index contributed by atoms with van der Waals surface area (Å²) in [5, 5.41) is 9.40. The minimum Gasteiger partial charge on any atom is -0.383 e. The largest absolute Gasteiger partial charge is 0.383 e. The lowest BCUT2D eigenvalue weighted by Crippen LogP contribution is -2.09. The van der Waals surface area contributed by atoms with Gasteiger partial charge in [0.05, 0.1) is 16.3 Å². The standard InChI is InChI=1S/C12H14ClN3/c13-10-6-9(7-14)12(15)16-11(10)8-4-2-1-3-5-8/h6,8H,1-5H2,(H2,15,16). The molecule has 0 atom stereocenters. The van der Waals surface area contributed by atoms with Gasteiger partial charge in [0.15, 0.2) is 0 Å². The van der Waals surface area contributed by atoms with Gasteiger partial charge in [-0.05, 0) is 18.9 Å². The third-order valence-electron chi connectivity index (χ3n) is 3.14. The van der Waals surface area contributed by atoms with Gasteiger partial charge in [-0.3, -0.25) is 0 Å². The lowest BCUT2D eigenvalue weighted by Gasteiger charge is -2.22. The molecule has 4 heteroatoms. The fraction of sp³-hybridized carbons (Fsp3) is 0.500. The van der Waals surface area contributed by atoms with Crippen molar-refractivity contribution < 1.29 is 0 Å². The van der Waals surface area contributed by atoms with E-state index in [0.717, 1.165) is 18.5 Å². The van der Waals surface area contributed by atoms with Crippen molar-refractivity contribution in [2.24, 2.45) is 0 Å². The zero-order chi connectivity index (χ0) is 11.5. The topological polar surface area (TPSA) is 62.7 Å². The molecule has 84 valence electrons. The summed E-state index contributed by atoms with van der Waals surface area (Å²) < 4.78 is 0. The van der Waals surface area contributed by atoms with Crippen molar-refractivity contribution in [2.75, 3.05) is 5.73 Å². The molecule has 0 saturated heterocycles. The molecule has 2 rings (SSSR count). The highest BCUT2D eigenvalue weighted by molar-refractivity contribution is 6.31. The van der Waals surface area contributed by atoms with E-state index in [1.54, 1.807) is 6.07 Å². The molecule has 3 nitrogen and oxygen atoms in total. The lowest BCUT2D eigenvalue weighted by molar-refractivity contribution is 0.437. The highest BCUT2D eigenvalue weighted by Gasteiger charge is 2.20. The van der Waals surface area contributed by atoms with Crippen LogP contribution in [0.3, 0.4) is 0 Å². The lowest BCUT2D eigenvalue weighted by atomic mass is 9.86. The van der Waals surface area contributed by atoms with Gasteiger partial charge in [-0.15, -0.1) is 0 Å². The second-order valence-electron chi connectivity index (χ2n) is 4.23. The quantitative estimate of drug-likeness (QED) is 0.813. The molecule has 0 aromatic carbocycles. The van der Waals surface area contributed by atoms with Gasteiger partial charge in [0.2, 0.25) is 0 Å². The number of pyridine rings is 1. The van der Waals surface area contributed by atoms with Crippen molar-refractivity contribution in [3.63, 3.8) is 0 Å². The van der Waals surface area contributed by atoms with Crippen LogP contribution in [-0.4, -0.2) is 4.98 Å². The molecule has 1 heterocycles. The molecule has 1 aromatic heterocycles. The zero-order valence-electron chi connectivity index (χ0n) is 9.04. The number of hydrogen-bond donors (Lipinski definition) is 1. The molecule has 1 aliphatic rings. The fourth-order valence-electron chi connectivity index (χ4n) is 2.27. The molecule has 0 amide bonds. The van der Waals surface area contributed by atoms with E-state index < -0.39 is 0 Å². The molecule has 1 saturated carbocycles. The number of nitrogens with zero attached hydrogens (tertiary/aromatic N) is 2. The second kappa shape index (κ2) is 4.71. The first-order chi connectivity index (χ1) is 7.72. The van der Waals surface area contributed by atoms with E-state index in [0.29, 0.717) is 22.3 Å². The molecular weight excluding hydrogens is 222 g/mol. The Balaban J connectivity index is 2.34. The van der Waals surface area contributed by atoms with Gasteiger partial charge in [-0.25, -0.2) is 4.98 Å². The highest BCUT2D eigenvalue weighted by atomic mass is 35.5. The van der Waals surface area contributed by atoms with Crippen LogP contribution in [-0.2, 0) is 0 Å². The number of anilines is 1. The van der Waals surface area contributed by atoms with E-state index in [4.69, 9.17) is 22.6 Å². The van der Waals surface area contributed by atoms with Gasteiger partial charge >= 0.3 is 0 Å². The fourth-order valence-corrected chi connectivity index (χ4v) is 2.58. The second-order valence-corrected chi connectivity index (χ2v) is 4.64. The summed E-state index contributed by atoms with van der Waals surface area (Å²) in [5.41, 5.74) is 6.95. The monoisotopic (exact) mass is 235 g/mol. The average Bonchev–Trinajstić information content (AvgIpc) is 2.32. The van der Waals surface area contributed by atoms with Gasteiger partial charge < -0.3 is 5.73 Å². The van der Waals surface area contributed by atoms with Crippen LogP contribution in [0, 0.1) is 11.3 Å². The van der Waals surface area contributed by atoms with E-state index in [1.165, 1.54) is 19.3 Å². The number of halogens is 1. The number of nitrogen functional groups attached to an aromatic ring is 1. The van der Waals surface area contributed by atoms with E-state index in [9.17, 15) is 0 Å². The third-order valence-corrected chi connectivity index (χ3v) is 3.45. The molecule has 2 N–H and O–H groups in total. The van der Waals surface area contributed by atoms with Crippen molar-refractivity contribution in [1.29, 1.82) is 5.26 Å². The number of rotatable bonds is 1. The van der Waals surface area contributed by atoms with Crippen molar-refractivity contribution >= 4 is 17.4 Å². The summed E-state index contributed by atoms with van der Waals surface area (Å²) in [6.45, 7) is 0. The molecule has 0 unspecified atom stereocenters. The van der Waals surface area contributed by atoms with Crippen molar-refractivity contribution in [3.8, 4) is 6.07 Å². The van der Waals surface area contributed by atoms with Crippen LogP contribution in [0.4, 0.5) is 5.82 Å². The van der Waals surface area contributed by atoms with Crippen molar-refractivity contribution in [2.45, 2.75) is 38.0 Å². The third kappa shape index (κ3) is 2.12. The van der Waals surface area contributed by atoms with E-state index in [-0.39, 0.29) is 0 Å². The van der Waals surface area contributed by atoms with Crippen molar-refractivity contribution in [1.82, 2.24) is 4.98 Å². The number of hydrogen-bond acceptors (Lipinski definition) is 3. The molecule has 0 radical (unpaired) electrons. The summed E-state index contributed by atoms with van der Waals surface area (Å²) in [6, 6.07) is 3.63. The summed E-state index contributed by atoms with van der Waals surface area (Å²) in [5.74, 6) is 0.712. The summed E-state index contributed by atoms with van der Waals surface area (Å²) in [6.07, 6.45) is 5.99. The molecule has 16 heavy (non-hydrogen) atoms. The highest BCUT2D eigenvalue weighted by Crippen LogP contribution is 2.36. The minimum atomic E-state index is 0.299. The number of aromatic nitrogens is 1. The molecular formula is C12H14ClN3. The SMILES string of the molecule is N#Cc1cc(Cl)c(C2CCCCC2)nc1N. The van der Waals surface area contributed by atoms with Gasteiger partial charge in [-0.2, -0.15) is 5.26 Å². The average molecular weight is 236 g/mol. The smallest absolute Gasteiger partial charge is 0.141 e. The van der Waals surface area contributed by atoms with Gasteiger partial charge in [0.1, 0.15) is 11.9 Å². The maximum atomic E-state index is 8.82. The van der Waals surface area contributed by atoms with E-state index in [1.807, 2.05) is 6.07 Å². The Labute approximate surface area is 100 Å². The van der Waals surface area contributed by atoms with E-state index in [2.05, 4.69) is 4.98 Å². The molecule has 1 aliphatic carbocycles. The Morgan fingerprint density at radius 3 is 2.69 bits per heavy atom. The summed E-state index contributed by atoms with van der Waals surface area (Å²) >= 11 is 6.14. The molecule has 0 spiro atoms. The van der Waals surface area contributed by atoms with Gasteiger partial charge in [0.25, 0.3) is 0 Å². The first-order valence-corrected chi connectivity index (χ1v) is 5.96. The van der Waals surface area contributed by atoms with Gasteiger partial charge in [-0.1, -0.05) is 30.9 Å². The maximum absolute atomic E-state index is 8.82. The molecule has 1 fully saturated rings. The Morgan fingerprint density at radius 1 is 1.38 bits per heavy atom. The number of nitrogens with two attached hydrogens (primary N) is 1. The Morgan fingerprint density at radius 2 is 2.06 bits per heavy atom. The van der Waals surface area contributed by atoms with Crippen molar-refractivity contribution in [3.05, 3.63) is 22.3 Å². The van der Waals surface area contributed by atoms with Crippen LogP contribution < -0.4 is 5.73 Å². The van der Waals surface area contributed by atoms with Crippen LogP contribution >= 0.6 is 11.6 Å². The summed E-state index contributed by atoms with van der Waals surface area (Å²) in [7, 11) is 0.